The summed E-state index contributed by atoms with van der Waals surface area (Å²) in [4.78, 5) is 14.3. The maximum absolute atomic E-state index is 12.5. The fourth-order valence-electron chi connectivity index (χ4n) is 2.25. The zero-order chi connectivity index (χ0) is 14.0. The molecule has 1 atom stereocenters. The zero-order valence-electron chi connectivity index (χ0n) is 11.3. The van der Waals surface area contributed by atoms with Crippen LogP contribution in [0.25, 0.3) is 0 Å². The van der Waals surface area contributed by atoms with E-state index in [4.69, 9.17) is 22.1 Å². The first kappa shape index (κ1) is 14.4. The Labute approximate surface area is 118 Å². The molecule has 2 N–H and O–H groups in total. The summed E-state index contributed by atoms with van der Waals surface area (Å²) < 4.78 is 7.37. The van der Waals surface area contributed by atoms with E-state index in [0.29, 0.717) is 37.0 Å². The smallest absolute Gasteiger partial charge is 0.270 e. The van der Waals surface area contributed by atoms with E-state index < -0.39 is 0 Å². The van der Waals surface area contributed by atoms with Gasteiger partial charge in [0.05, 0.1) is 17.7 Å². The van der Waals surface area contributed by atoms with Gasteiger partial charge in [0.1, 0.15) is 5.69 Å². The molecule has 1 amide bonds. The predicted octanol–water partition coefficient (Wildman–Crippen LogP) is 1.52. The molecule has 1 saturated heterocycles. The Bertz CT molecular complexity index is 459. The van der Waals surface area contributed by atoms with Gasteiger partial charge in [-0.05, 0) is 19.9 Å². The van der Waals surface area contributed by atoms with Crippen LogP contribution in [0.5, 0.6) is 0 Å². The molecule has 1 unspecified atom stereocenters. The van der Waals surface area contributed by atoms with Crippen molar-refractivity contribution in [2.75, 3.05) is 26.2 Å². The molecule has 0 aliphatic carbocycles. The average Bonchev–Trinajstić information content (AvgIpc) is 2.80. The van der Waals surface area contributed by atoms with Gasteiger partial charge in [-0.25, -0.2) is 0 Å². The van der Waals surface area contributed by atoms with Gasteiger partial charge in [-0.1, -0.05) is 11.6 Å². The summed E-state index contributed by atoms with van der Waals surface area (Å²) in [5, 5.41) is 0.584. The normalized spacial score (nSPS) is 20.1. The maximum atomic E-state index is 12.5. The maximum Gasteiger partial charge on any atom is 0.270 e. The van der Waals surface area contributed by atoms with Crippen LogP contribution in [0.1, 0.15) is 30.4 Å². The van der Waals surface area contributed by atoms with E-state index in [2.05, 4.69) is 0 Å². The van der Waals surface area contributed by atoms with E-state index in [1.807, 2.05) is 18.4 Å². The highest BCUT2D eigenvalue weighted by atomic mass is 35.5. The number of nitrogens with two attached hydrogens (primary N) is 1. The Hall–Kier alpha value is -1.04. The molecule has 0 saturated carbocycles. The van der Waals surface area contributed by atoms with Gasteiger partial charge in [-0.15, -0.1) is 0 Å². The van der Waals surface area contributed by atoms with Crippen LogP contribution >= 0.6 is 11.6 Å². The van der Waals surface area contributed by atoms with Crippen LogP contribution in [0.4, 0.5) is 0 Å². The quantitative estimate of drug-likeness (QED) is 0.916. The molecule has 0 bridgehead atoms. The summed E-state index contributed by atoms with van der Waals surface area (Å²) in [7, 11) is 0. The van der Waals surface area contributed by atoms with E-state index in [-0.39, 0.29) is 18.1 Å². The molecular weight excluding hydrogens is 266 g/mol. The Morgan fingerprint density at radius 3 is 3.00 bits per heavy atom. The molecule has 1 aliphatic rings. The van der Waals surface area contributed by atoms with Crippen molar-refractivity contribution in [1.29, 1.82) is 0 Å². The monoisotopic (exact) mass is 285 g/mol. The molecule has 1 fully saturated rings. The minimum absolute atomic E-state index is 0.0117. The molecule has 0 aromatic carbocycles. The Kier molecular flexibility index (Phi) is 4.50. The fraction of sp³-hybridized carbons (Fsp3) is 0.615. The molecule has 5 nitrogen and oxygen atoms in total. The number of ether oxygens (including phenoxy) is 1. The van der Waals surface area contributed by atoms with Crippen molar-refractivity contribution in [3.8, 4) is 0 Å². The highest BCUT2D eigenvalue weighted by Crippen LogP contribution is 2.21. The molecule has 2 heterocycles. The Morgan fingerprint density at radius 1 is 1.63 bits per heavy atom. The minimum Gasteiger partial charge on any atom is -0.373 e. The van der Waals surface area contributed by atoms with Gasteiger partial charge in [-0.3, -0.25) is 4.79 Å². The number of morpholine rings is 1. The van der Waals surface area contributed by atoms with Crippen molar-refractivity contribution in [3.05, 3.63) is 23.0 Å². The molecule has 0 spiro atoms. The predicted molar refractivity (Wildman–Crippen MR) is 74.5 cm³/mol. The van der Waals surface area contributed by atoms with Crippen LogP contribution < -0.4 is 5.73 Å². The topological polar surface area (TPSA) is 60.5 Å². The van der Waals surface area contributed by atoms with Crippen LogP contribution in [0.3, 0.4) is 0 Å². The first-order valence-corrected chi connectivity index (χ1v) is 6.89. The van der Waals surface area contributed by atoms with Crippen molar-refractivity contribution >= 4 is 17.5 Å². The molecular formula is C13H20ClN3O2. The van der Waals surface area contributed by atoms with Crippen LogP contribution in [0, 0.1) is 0 Å². The summed E-state index contributed by atoms with van der Waals surface area (Å²) in [6, 6.07) is 1.91. The average molecular weight is 286 g/mol. The van der Waals surface area contributed by atoms with Crippen molar-refractivity contribution < 1.29 is 9.53 Å². The first-order chi connectivity index (χ1) is 9.02. The SMILES string of the molecule is CC(C)n1cc(Cl)cc1C(=O)N1CCOC(CN)C1. The number of hydrogen-bond acceptors (Lipinski definition) is 3. The molecule has 106 valence electrons. The third-order valence-corrected chi connectivity index (χ3v) is 3.49. The van der Waals surface area contributed by atoms with Crippen molar-refractivity contribution in [3.63, 3.8) is 0 Å². The summed E-state index contributed by atoms with van der Waals surface area (Å²) in [5.74, 6) is -0.0117. The lowest BCUT2D eigenvalue weighted by Gasteiger charge is -2.32. The van der Waals surface area contributed by atoms with E-state index in [0.717, 1.165) is 0 Å². The second-order valence-corrected chi connectivity index (χ2v) is 5.46. The standard InChI is InChI=1S/C13H20ClN3O2/c1-9(2)17-7-10(14)5-12(17)13(18)16-3-4-19-11(6-15)8-16/h5,7,9,11H,3-4,6,8,15H2,1-2H3. The van der Waals surface area contributed by atoms with Gasteiger partial charge in [0, 0.05) is 31.9 Å². The van der Waals surface area contributed by atoms with Crippen molar-refractivity contribution in [2.45, 2.75) is 26.0 Å². The van der Waals surface area contributed by atoms with Crippen LogP contribution in [0.2, 0.25) is 5.02 Å². The van der Waals surface area contributed by atoms with Gasteiger partial charge >= 0.3 is 0 Å². The van der Waals surface area contributed by atoms with Gasteiger partial charge in [0.15, 0.2) is 0 Å². The number of aromatic nitrogens is 1. The summed E-state index contributed by atoms with van der Waals surface area (Å²) in [5.41, 5.74) is 6.22. The van der Waals surface area contributed by atoms with E-state index >= 15 is 0 Å². The lowest BCUT2D eigenvalue weighted by atomic mass is 10.2. The fourth-order valence-corrected chi connectivity index (χ4v) is 2.46. The van der Waals surface area contributed by atoms with E-state index in [9.17, 15) is 4.79 Å². The molecule has 2 rings (SSSR count). The summed E-state index contributed by atoms with van der Waals surface area (Å²) >= 11 is 6.01. The molecule has 6 heteroatoms. The lowest BCUT2D eigenvalue weighted by Crippen LogP contribution is -2.48. The van der Waals surface area contributed by atoms with E-state index in [1.165, 1.54) is 0 Å². The molecule has 1 aromatic heterocycles. The van der Waals surface area contributed by atoms with Crippen LogP contribution in [-0.2, 0) is 4.74 Å². The second-order valence-electron chi connectivity index (χ2n) is 5.02. The first-order valence-electron chi connectivity index (χ1n) is 6.51. The second kappa shape index (κ2) is 5.94. The van der Waals surface area contributed by atoms with E-state index in [1.54, 1.807) is 17.2 Å². The number of nitrogens with zero attached hydrogens (tertiary/aromatic N) is 2. The molecule has 0 radical (unpaired) electrons. The third kappa shape index (κ3) is 3.11. The molecule has 1 aromatic rings. The minimum atomic E-state index is -0.0735. The number of carbonyl (C=O) groups is 1. The van der Waals surface area contributed by atoms with Gasteiger partial charge in [0.2, 0.25) is 0 Å². The molecule has 19 heavy (non-hydrogen) atoms. The number of amides is 1. The number of carbonyl (C=O) groups excluding carboxylic acids is 1. The summed E-state index contributed by atoms with van der Waals surface area (Å²) in [6.07, 6.45) is 1.72. The Morgan fingerprint density at radius 2 is 2.37 bits per heavy atom. The largest absolute Gasteiger partial charge is 0.373 e. The van der Waals surface area contributed by atoms with Gasteiger partial charge < -0.3 is 19.9 Å². The van der Waals surface area contributed by atoms with Gasteiger partial charge in [0.25, 0.3) is 5.91 Å². The highest BCUT2D eigenvalue weighted by molar-refractivity contribution is 6.31. The number of halogens is 1. The van der Waals surface area contributed by atoms with Crippen molar-refractivity contribution in [1.82, 2.24) is 9.47 Å². The van der Waals surface area contributed by atoms with Crippen LogP contribution in [-0.4, -0.2) is 47.7 Å². The number of hydrogen-bond donors (Lipinski definition) is 1. The third-order valence-electron chi connectivity index (χ3n) is 3.28. The Balaban J connectivity index is 2.19. The van der Waals surface area contributed by atoms with Gasteiger partial charge in [-0.2, -0.15) is 0 Å². The zero-order valence-corrected chi connectivity index (χ0v) is 12.1. The number of rotatable bonds is 3. The lowest BCUT2D eigenvalue weighted by molar-refractivity contribution is -0.0171. The van der Waals surface area contributed by atoms with Crippen molar-refractivity contribution in [2.24, 2.45) is 5.73 Å². The summed E-state index contributed by atoms with van der Waals surface area (Å²) in [6.45, 7) is 6.14. The molecule has 1 aliphatic heterocycles. The highest BCUT2D eigenvalue weighted by Gasteiger charge is 2.26. The van der Waals surface area contributed by atoms with Crippen LogP contribution in [0.15, 0.2) is 12.3 Å².